The second-order valence-electron chi connectivity index (χ2n) is 2.47. The third kappa shape index (κ3) is 1.71. The van der Waals surface area contributed by atoms with Gasteiger partial charge in [0, 0.05) is 0 Å². The van der Waals surface area contributed by atoms with E-state index in [0.717, 1.165) is 0 Å². The van der Waals surface area contributed by atoms with Crippen LogP contribution in [0.3, 0.4) is 0 Å². The highest BCUT2D eigenvalue weighted by Gasteiger charge is 2.12. The summed E-state index contributed by atoms with van der Waals surface area (Å²) in [6.07, 6.45) is 0. The van der Waals surface area contributed by atoms with E-state index >= 15 is 0 Å². The summed E-state index contributed by atoms with van der Waals surface area (Å²) in [6, 6.07) is 5.13. The number of rotatable bonds is 1. The predicted molar refractivity (Wildman–Crippen MR) is 54.8 cm³/mol. The minimum atomic E-state index is 0.0380. The highest BCUT2D eigenvalue weighted by atomic mass is 35.5. The molecule has 0 atom stereocenters. The van der Waals surface area contributed by atoms with Crippen LogP contribution in [0, 0.1) is 0 Å². The van der Waals surface area contributed by atoms with Crippen molar-refractivity contribution in [2.24, 2.45) is 0 Å². The topological polar surface area (TPSA) is 38.9 Å². The Kier molecular flexibility index (Phi) is 2.63. The van der Waals surface area contributed by atoms with E-state index in [1.165, 1.54) is 0 Å². The van der Waals surface area contributed by atoms with Gasteiger partial charge in [-0.3, -0.25) is 0 Å². The van der Waals surface area contributed by atoms with Crippen molar-refractivity contribution in [3.8, 4) is 11.5 Å². The smallest absolute Gasteiger partial charge is 0.264 e. The Labute approximate surface area is 94.6 Å². The molecular weight excluding hydrogens is 246 g/mol. The van der Waals surface area contributed by atoms with Gasteiger partial charge in [-0.25, -0.2) is 0 Å². The number of aromatic nitrogens is 2. The molecule has 0 aliphatic rings. The summed E-state index contributed by atoms with van der Waals surface area (Å²) < 4.78 is 4.85. The van der Waals surface area contributed by atoms with E-state index in [0.29, 0.717) is 15.6 Å². The van der Waals surface area contributed by atoms with Crippen molar-refractivity contribution >= 4 is 34.8 Å². The summed E-state index contributed by atoms with van der Waals surface area (Å²) in [6.45, 7) is 0. The molecule has 0 bridgehead atoms. The van der Waals surface area contributed by atoms with E-state index in [1.54, 1.807) is 18.2 Å². The molecule has 2 aromatic rings. The summed E-state index contributed by atoms with van der Waals surface area (Å²) >= 11 is 17.3. The normalized spacial score (nSPS) is 10.5. The summed E-state index contributed by atoms with van der Waals surface area (Å²) in [5, 5.41) is 4.28. The number of halogens is 3. The fourth-order valence-corrected chi connectivity index (χ4v) is 1.48. The molecule has 2 rings (SSSR count). The van der Waals surface area contributed by atoms with Gasteiger partial charge in [-0.2, -0.15) is 4.98 Å². The third-order valence-corrected chi connectivity index (χ3v) is 2.56. The molecule has 0 spiro atoms. The van der Waals surface area contributed by atoms with Gasteiger partial charge < -0.3 is 4.52 Å². The first kappa shape index (κ1) is 9.77. The second-order valence-corrected chi connectivity index (χ2v) is 3.59. The van der Waals surface area contributed by atoms with Gasteiger partial charge in [-0.05, 0) is 28.9 Å². The molecule has 0 N–H and O–H groups in total. The summed E-state index contributed by atoms with van der Waals surface area (Å²) in [4.78, 5) is 3.83. The Morgan fingerprint density at radius 2 is 1.93 bits per heavy atom. The Balaban J connectivity index is 2.57. The maximum atomic E-state index is 5.93. The molecule has 1 heterocycles. The van der Waals surface area contributed by atoms with E-state index in [2.05, 4.69) is 10.1 Å². The van der Waals surface area contributed by atoms with Crippen molar-refractivity contribution < 1.29 is 4.52 Å². The first-order valence-electron chi connectivity index (χ1n) is 3.62. The highest BCUT2D eigenvalue weighted by molar-refractivity contribution is 6.43. The third-order valence-electron chi connectivity index (χ3n) is 1.58. The van der Waals surface area contributed by atoms with Gasteiger partial charge in [-0.1, -0.05) is 29.3 Å². The monoisotopic (exact) mass is 248 g/mol. The Morgan fingerprint density at radius 1 is 1.14 bits per heavy atom. The molecule has 0 amide bonds. The lowest BCUT2D eigenvalue weighted by Gasteiger charge is -1.99. The van der Waals surface area contributed by atoms with Crippen molar-refractivity contribution in [3.63, 3.8) is 0 Å². The quantitative estimate of drug-likeness (QED) is 0.773. The number of hydrogen-bond donors (Lipinski definition) is 0. The first-order valence-corrected chi connectivity index (χ1v) is 4.75. The van der Waals surface area contributed by atoms with Crippen LogP contribution in [0.5, 0.6) is 0 Å². The average Bonchev–Trinajstić information content (AvgIpc) is 2.57. The largest absolute Gasteiger partial charge is 0.333 e. The van der Waals surface area contributed by atoms with E-state index < -0.39 is 0 Å². The minimum Gasteiger partial charge on any atom is -0.333 e. The van der Waals surface area contributed by atoms with Crippen LogP contribution in [0.15, 0.2) is 22.7 Å². The van der Waals surface area contributed by atoms with E-state index in [9.17, 15) is 0 Å². The summed E-state index contributed by atoms with van der Waals surface area (Å²) in [7, 11) is 0. The average molecular weight is 249 g/mol. The molecule has 3 nitrogen and oxygen atoms in total. The molecule has 0 saturated heterocycles. The van der Waals surface area contributed by atoms with E-state index in [-0.39, 0.29) is 11.2 Å². The van der Waals surface area contributed by atoms with Crippen LogP contribution in [-0.2, 0) is 0 Å². The molecule has 6 heteroatoms. The molecular formula is C8H3Cl3N2O. The molecule has 1 aromatic carbocycles. The van der Waals surface area contributed by atoms with Crippen molar-refractivity contribution in [2.75, 3.05) is 0 Å². The van der Waals surface area contributed by atoms with Crippen LogP contribution < -0.4 is 0 Å². The summed E-state index contributed by atoms with van der Waals surface area (Å²) in [5.41, 5.74) is 0.568. The fourth-order valence-electron chi connectivity index (χ4n) is 0.984. The molecule has 1 aromatic heterocycles. The van der Waals surface area contributed by atoms with Crippen LogP contribution >= 0.6 is 34.8 Å². The van der Waals surface area contributed by atoms with Crippen LogP contribution in [-0.4, -0.2) is 10.1 Å². The number of benzene rings is 1. The minimum absolute atomic E-state index is 0.0380. The van der Waals surface area contributed by atoms with Gasteiger partial charge in [0.05, 0.1) is 15.6 Å². The lowest BCUT2D eigenvalue weighted by molar-refractivity contribution is 0.430. The SMILES string of the molecule is Clc1noc(-c2cccc(Cl)c2Cl)n1. The Bertz CT molecular complexity index is 469. The van der Waals surface area contributed by atoms with Crippen LogP contribution in [0.1, 0.15) is 0 Å². The fraction of sp³-hybridized carbons (Fsp3) is 0. The van der Waals surface area contributed by atoms with Crippen LogP contribution in [0.25, 0.3) is 11.5 Å². The molecule has 0 aliphatic carbocycles. The van der Waals surface area contributed by atoms with Crippen molar-refractivity contribution in [2.45, 2.75) is 0 Å². The van der Waals surface area contributed by atoms with E-state index in [1.807, 2.05) is 0 Å². The van der Waals surface area contributed by atoms with E-state index in [4.69, 9.17) is 39.3 Å². The van der Waals surface area contributed by atoms with Gasteiger partial charge in [0.1, 0.15) is 0 Å². The maximum Gasteiger partial charge on any atom is 0.264 e. The zero-order valence-corrected chi connectivity index (χ0v) is 8.94. The molecule has 14 heavy (non-hydrogen) atoms. The molecule has 0 fully saturated rings. The van der Waals surface area contributed by atoms with Gasteiger partial charge in [-0.15, -0.1) is 0 Å². The zero-order valence-electron chi connectivity index (χ0n) is 6.67. The van der Waals surface area contributed by atoms with Gasteiger partial charge in [0.15, 0.2) is 0 Å². The molecule has 0 unspecified atom stereocenters. The van der Waals surface area contributed by atoms with Crippen LogP contribution in [0.4, 0.5) is 0 Å². The lowest BCUT2D eigenvalue weighted by Crippen LogP contribution is -1.79. The molecule has 0 saturated carbocycles. The molecule has 0 radical (unpaired) electrons. The van der Waals surface area contributed by atoms with Crippen molar-refractivity contribution in [3.05, 3.63) is 33.5 Å². The maximum absolute atomic E-state index is 5.93. The second kappa shape index (κ2) is 3.77. The predicted octanol–water partition coefficient (Wildman–Crippen LogP) is 3.70. The highest BCUT2D eigenvalue weighted by Crippen LogP contribution is 2.32. The lowest BCUT2D eigenvalue weighted by atomic mass is 10.2. The van der Waals surface area contributed by atoms with Crippen LogP contribution in [0.2, 0.25) is 15.3 Å². The standard InChI is InChI=1S/C8H3Cl3N2O/c9-5-3-1-2-4(6(5)10)7-12-8(11)13-14-7/h1-3H. The molecule has 0 aliphatic heterocycles. The molecule has 72 valence electrons. The number of nitrogens with zero attached hydrogens (tertiary/aromatic N) is 2. The van der Waals surface area contributed by atoms with Gasteiger partial charge in [0.25, 0.3) is 11.2 Å². The van der Waals surface area contributed by atoms with Crippen molar-refractivity contribution in [1.29, 1.82) is 0 Å². The summed E-state index contributed by atoms with van der Waals surface area (Å²) in [5.74, 6) is 0.252. The Hall–Kier alpha value is -0.770. The van der Waals surface area contributed by atoms with Gasteiger partial charge >= 0.3 is 0 Å². The zero-order chi connectivity index (χ0) is 10.1. The Morgan fingerprint density at radius 3 is 2.57 bits per heavy atom. The van der Waals surface area contributed by atoms with Crippen molar-refractivity contribution in [1.82, 2.24) is 10.1 Å². The first-order chi connectivity index (χ1) is 6.68. The van der Waals surface area contributed by atoms with Gasteiger partial charge in [0.2, 0.25) is 0 Å². The number of hydrogen-bond acceptors (Lipinski definition) is 3.